The van der Waals surface area contributed by atoms with Crippen LogP contribution in [0.15, 0.2) is 58.1 Å². The van der Waals surface area contributed by atoms with Crippen LogP contribution < -0.4 is 16.7 Å². The molecule has 3 aromatic rings. The van der Waals surface area contributed by atoms with Crippen molar-refractivity contribution in [2.24, 2.45) is 0 Å². The molecule has 26 heavy (non-hydrogen) atoms. The molecule has 0 bridgehead atoms. The normalized spacial score (nSPS) is 10.5. The number of hydrogen-bond acceptors (Lipinski definition) is 6. The Kier molecular flexibility index (Phi) is 5.04. The SMILES string of the molecule is O=C(Cc1ccccc1)c1ccc(CO)c(Nc2nc(=O)[nH]c(=O)[nH]2)c1. The number of H-pyrrole nitrogens is 2. The Morgan fingerprint density at radius 1 is 1.08 bits per heavy atom. The minimum atomic E-state index is -0.807. The molecule has 2 aromatic carbocycles. The Balaban J connectivity index is 1.89. The minimum Gasteiger partial charge on any atom is -0.392 e. The molecule has 0 unspecified atom stereocenters. The van der Waals surface area contributed by atoms with E-state index in [-0.39, 0.29) is 24.8 Å². The highest BCUT2D eigenvalue weighted by atomic mass is 16.3. The van der Waals surface area contributed by atoms with Crippen LogP contribution in [-0.4, -0.2) is 25.8 Å². The first-order valence-electron chi connectivity index (χ1n) is 7.84. The molecule has 3 rings (SSSR count). The van der Waals surface area contributed by atoms with Gasteiger partial charge in [-0.05, 0) is 11.6 Å². The van der Waals surface area contributed by atoms with Crippen LogP contribution in [0, 0.1) is 0 Å². The number of aromatic nitrogens is 3. The van der Waals surface area contributed by atoms with E-state index < -0.39 is 11.4 Å². The molecule has 0 amide bonds. The summed E-state index contributed by atoms with van der Waals surface area (Å²) in [6.45, 7) is -0.289. The van der Waals surface area contributed by atoms with Crippen molar-refractivity contribution in [2.75, 3.05) is 5.32 Å². The number of carbonyl (C=O) groups excluding carboxylic acids is 1. The number of ketones is 1. The first-order chi connectivity index (χ1) is 12.5. The summed E-state index contributed by atoms with van der Waals surface area (Å²) in [7, 11) is 0. The van der Waals surface area contributed by atoms with Gasteiger partial charge in [0.05, 0.1) is 6.61 Å². The Bertz CT molecular complexity index is 1010. The van der Waals surface area contributed by atoms with Gasteiger partial charge in [0, 0.05) is 23.2 Å². The van der Waals surface area contributed by atoms with Gasteiger partial charge in [-0.15, -0.1) is 0 Å². The summed E-state index contributed by atoms with van der Waals surface area (Å²) in [5, 5.41) is 12.3. The summed E-state index contributed by atoms with van der Waals surface area (Å²) in [6.07, 6.45) is 0.235. The van der Waals surface area contributed by atoms with Gasteiger partial charge in [0.15, 0.2) is 5.78 Å². The Morgan fingerprint density at radius 2 is 1.85 bits per heavy atom. The van der Waals surface area contributed by atoms with E-state index in [2.05, 4.69) is 15.3 Å². The molecule has 0 atom stereocenters. The Hall–Kier alpha value is -3.52. The fraction of sp³-hybridized carbons (Fsp3) is 0.111. The number of anilines is 2. The number of hydrogen-bond donors (Lipinski definition) is 4. The number of nitrogens with zero attached hydrogens (tertiary/aromatic N) is 1. The number of rotatable bonds is 6. The zero-order valence-corrected chi connectivity index (χ0v) is 13.7. The van der Waals surface area contributed by atoms with Crippen molar-refractivity contribution in [3.8, 4) is 0 Å². The lowest BCUT2D eigenvalue weighted by atomic mass is 10.0. The maximum absolute atomic E-state index is 12.5. The number of nitrogens with one attached hydrogen (secondary N) is 3. The van der Waals surface area contributed by atoms with Crippen molar-refractivity contribution in [1.29, 1.82) is 0 Å². The monoisotopic (exact) mass is 352 g/mol. The summed E-state index contributed by atoms with van der Waals surface area (Å²) in [5.74, 6) is -0.183. The van der Waals surface area contributed by atoms with Gasteiger partial charge in [0.1, 0.15) is 0 Å². The molecule has 0 spiro atoms. The standard InChI is InChI=1S/C18H16N4O4/c23-10-13-7-6-12(15(24)8-11-4-2-1-3-5-11)9-14(13)19-16-20-17(25)22-18(26)21-16/h1-7,9,23H,8,10H2,(H3,19,20,21,22,25,26). The van der Waals surface area contributed by atoms with Crippen molar-refractivity contribution in [2.45, 2.75) is 13.0 Å². The molecule has 0 radical (unpaired) electrons. The average molecular weight is 352 g/mol. The fourth-order valence-electron chi connectivity index (χ4n) is 2.47. The molecule has 8 heteroatoms. The van der Waals surface area contributed by atoms with Crippen LogP contribution in [0.5, 0.6) is 0 Å². The maximum atomic E-state index is 12.5. The maximum Gasteiger partial charge on any atom is 0.352 e. The second-order valence-electron chi connectivity index (χ2n) is 5.59. The van der Waals surface area contributed by atoms with Crippen LogP contribution in [0.3, 0.4) is 0 Å². The van der Waals surface area contributed by atoms with E-state index in [1.807, 2.05) is 35.3 Å². The largest absolute Gasteiger partial charge is 0.392 e. The van der Waals surface area contributed by atoms with Crippen LogP contribution in [0.1, 0.15) is 21.5 Å². The van der Waals surface area contributed by atoms with E-state index in [1.165, 1.54) is 0 Å². The van der Waals surface area contributed by atoms with Gasteiger partial charge in [-0.2, -0.15) is 4.98 Å². The summed E-state index contributed by atoms with van der Waals surface area (Å²) in [5.41, 5.74) is 0.663. The van der Waals surface area contributed by atoms with Gasteiger partial charge in [0.25, 0.3) is 0 Å². The molecule has 1 heterocycles. The molecule has 1 aromatic heterocycles. The number of carbonyl (C=O) groups is 1. The third-order valence-electron chi connectivity index (χ3n) is 3.73. The second-order valence-corrected chi connectivity index (χ2v) is 5.59. The van der Waals surface area contributed by atoms with E-state index in [1.54, 1.807) is 18.2 Å². The molecule has 0 aliphatic carbocycles. The summed E-state index contributed by atoms with van der Waals surface area (Å²) in [4.78, 5) is 43.1. The molecular weight excluding hydrogens is 336 g/mol. The van der Waals surface area contributed by atoms with Crippen molar-refractivity contribution >= 4 is 17.4 Å². The van der Waals surface area contributed by atoms with Gasteiger partial charge in [-0.1, -0.05) is 42.5 Å². The predicted molar refractivity (Wildman–Crippen MR) is 95.6 cm³/mol. The highest BCUT2D eigenvalue weighted by molar-refractivity contribution is 5.98. The first-order valence-corrected chi connectivity index (χ1v) is 7.84. The van der Waals surface area contributed by atoms with Crippen LogP contribution in [0.25, 0.3) is 0 Å². The molecule has 8 nitrogen and oxygen atoms in total. The number of aliphatic hydroxyl groups is 1. The zero-order chi connectivity index (χ0) is 18.5. The molecule has 0 fully saturated rings. The number of aliphatic hydroxyl groups excluding tert-OH is 1. The van der Waals surface area contributed by atoms with Crippen molar-refractivity contribution < 1.29 is 9.90 Å². The number of aromatic amines is 2. The van der Waals surface area contributed by atoms with Gasteiger partial charge in [-0.3, -0.25) is 14.8 Å². The van der Waals surface area contributed by atoms with E-state index in [9.17, 15) is 19.5 Å². The summed E-state index contributed by atoms with van der Waals surface area (Å²) >= 11 is 0. The molecular formula is C18H16N4O4. The van der Waals surface area contributed by atoms with Crippen molar-refractivity contribution in [1.82, 2.24) is 15.0 Å². The first kappa shape index (κ1) is 17.3. The molecule has 0 saturated carbocycles. The third kappa shape index (κ3) is 4.11. The van der Waals surface area contributed by atoms with Crippen LogP contribution in [-0.2, 0) is 13.0 Å². The molecule has 132 valence electrons. The molecule has 0 saturated heterocycles. The smallest absolute Gasteiger partial charge is 0.352 e. The molecule has 4 N–H and O–H groups in total. The highest BCUT2D eigenvalue weighted by Gasteiger charge is 2.11. The fourth-order valence-corrected chi connectivity index (χ4v) is 2.47. The zero-order valence-electron chi connectivity index (χ0n) is 13.7. The van der Waals surface area contributed by atoms with E-state index >= 15 is 0 Å². The quantitative estimate of drug-likeness (QED) is 0.492. The predicted octanol–water partition coefficient (Wildman–Crippen LogP) is 1.12. The van der Waals surface area contributed by atoms with Crippen LogP contribution in [0.2, 0.25) is 0 Å². The van der Waals surface area contributed by atoms with E-state index in [4.69, 9.17) is 0 Å². The highest BCUT2D eigenvalue weighted by Crippen LogP contribution is 2.21. The van der Waals surface area contributed by atoms with E-state index in [0.29, 0.717) is 16.8 Å². The third-order valence-corrected chi connectivity index (χ3v) is 3.73. The molecule has 0 aliphatic rings. The lowest BCUT2D eigenvalue weighted by Gasteiger charge is -2.11. The van der Waals surface area contributed by atoms with Crippen LogP contribution in [0.4, 0.5) is 11.6 Å². The Labute approximate surface area is 147 Å². The minimum absolute atomic E-state index is 0.0823. The number of benzene rings is 2. The molecule has 0 aliphatic heterocycles. The summed E-state index contributed by atoms with van der Waals surface area (Å²) < 4.78 is 0. The topological polar surface area (TPSA) is 128 Å². The van der Waals surface area contributed by atoms with E-state index in [0.717, 1.165) is 5.56 Å². The van der Waals surface area contributed by atoms with Gasteiger partial charge < -0.3 is 10.4 Å². The van der Waals surface area contributed by atoms with Crippen molar-refractivity contribution in [3.63, 3.8) is 0 Å². The number of Topliss-reactive ketones (excluding diaryl/α,β-unsaturated/α-hetero) is 1. The van der Waals surface area contributed by atoms with Crippen LogP contribution >= 0.6 is 0 Å². The van der Waals surface area contributed by atoms with Gasteiger partial charge in [-0.25, -0.2) is 9.59 Å². The average Bonchev–Trinajstić information content (AvgIpc) is 2.61. The second kappa shape index (κ2) is 7.58. The lowest BCUT2D eigenvalue weighted by molar-refractivity contribution is 0.0993. The lowest BCUT2D eigenvalue weighted by Crippen LogP contribution is -2.26. The van der Waals surface area contributed by atoms with Gasteiger partial charge >= 0.3 is 11.4 Å². The Morgan fingerprint density at radius 3 is 2.54 bits per heavy atom. The van der Waals surface area contributed by atoms with Crippen molar-refractivity contribution in [3.05, 3.63) is 86.2 Å². The van der Waals surface area contributed by atoms with Gasteiger partial charge in [0.2, 0.25) is 5.95 Å². The summed E-state index contributed by atoms with van der Waals surface area (Å²) in [6, 6.07) is 14.1.